The first-order valence-electron chi connectivity index (χ1n) is 4.88. The van der Waals surface area contributed by atoms with Crippen molar-refractivity contribution in [2.45, 2.75) is 24.4 Å². The molecule has 1 aliphatic rings. The van der Waals surface area contributed by atoms with Crippen LogP contribution in [0.1, 0.15) is 24.0 Å². The van der Waals surface area contributed by atoms with Crippen LogP contribution in [0.3, 0.4) is 0 Å². The quantitative estimate of drug-likeness (QED) is 0.888. The number of carbonyl (C=O) groups is 1. The highest BCUT2D eigenvalue weighted by Crippen LogP contribution is 2.54. The number of benzene rings is 1. The van der Waals surface area contributed by atoms with Crippen molar-refractivity contribution in [2.75, 3.05) is 0 Å². The van der Waals surface area contributed by atoms with Crippen LogP contribution in [-0.2, 0) is 16.4 Å². The predicted octanol–water partition coefficient (Wildman–Crippen LogP) is 3.48. The summed E-state index contributed by atoms with van der Waals surface area (Å²) in [7, 11) is 0. The van der Waals surface area contributed by atoms with E-state index in [2.05, 4.69) is 0 Å². The standard InChI is InChI=1S/C11H8ClF3O2/c12-7-3-1-2-6(11(13,14)15)8(7)10(4-5-10)9(16)17/h1-3H,4-5H2,(H,16,17). The average Bonchev–Trinajstić information content (AvgIpc) is 2.96. The summed E-state index contributed by atoms with van der Waals surface area (Å²) in [5, 5.41) is 8.91. The molecule has 1 aliphatic carbocycles. The number of rotatable bonds is 2. The van der Waals surface area contributed by atoms with E-state index < -0.39 is 23.1 Å². The third-order valence-electron chi connectivity index (χ3n) is 2.96. The second kappa shape index (κ2) is 3.63. The van der Waals surface area contributed by atoms with Crippen LogP contribution in [0.5, 0.6) is 0 Å². The van der Waals surface area contributed by atoms with E-state index in [9.17, 15) is 18.0 Å². The van der Waals surface area contributed by atoms with E-state index in [1.807, 2.05) is 0 Å². The molecule has 2 nitrogen and oxygen atoms in total. The molecule has 0 radical (unpaired) electrons. The van der Waals surface area contributed by atoms with Gasteiger partial charge in [-0.2, -0.15) is 13.2 Å². The van der Waals surface area contributed by atoms with E-state index >= 15 is 0 Å². The molecule has 1 aromatic rings. The lowest BCUT2D eigenvalue weighted by atomic mass is 9.91. The molecular weight excluding hydrogens is 257 g/mol. The molecule has 0 spiro atoms. The smallest absolute Gasteiger partial charge is 0.416 e. The zero-order valence-corrected chi connectivity index (χ0v) is 9.27. The number of alkyl halides is 3. The fraction of sp³-hybridized carbons (Fsp3) is 0.364. The Bertz CT molecular complexity index is 478. The van der Waals surface area contributed by atoms with Crippen molar-refractivity contribution in [1.29, 1.82) is 0 Å². The first kappa shape index (κ1) is 12.2. The van der Waals surface area contributed by atoms with Gasteiger partial charge in [0.15, 0.2) is 0 Å². The molecule has 0 bridgehead atoms. The predicted molar refractivity (Wildman–Crippen MR) is 55.0 cm³/mol. The maximum atomic E-state index is 12.8. The molecule has 0 atom stereocenters. The third-order valence-corrected chi connectivity index (χ3v) is 3.27. The summed E-state index contributed by atoms with van der Waals surface area (Å²) in [6.07, 6.45) is -4.21. The summed E-state index contributed by atoms with van der Waals surface area (Å²) in [5.41, 5.74) is -2.71. The van der Waals surface area contributed by atoms with Gasteiger partial charge in [0, 0.05) is 10.6 Å². The Morgan fingerprint density at radius 1 is 1.35 bits per heavy atom. The molecule has 0 unspecified atom stereocenters. The van der Waals surface area contributed by atoms with E-state index in [0.29, 0.717) is 0 Å². The molecule has 0 aromatic heterocycles. The Kier molecular flexibility index (Phi) is 2.61. The summed E-state index contributed by atoms with van der Waals surface area (Å²) in [6.45, 7) is 0. The maximum absolute atomic E-state index is 12.8. The summed E-state index contributed by atoms with van der Waals surface area (Å²) in [5.74, 6) is -1.25. The van der Waals surface area contributed by atoms with Crippen LogP contribution in [-0.4, -0.2) is 11.1 Å². The second-order valence-corrected chi connectivity index (χ2v) is 4.45. The number of carboxylic acids is 1. The van der Waals surface area contributed by atoms with Gasteiger partial charge in [0.25, 0.3) is 0 Å². The van der Waals surface area contributed by atoms with Crippen LogP contribution < -0.4 is 0 Å². The highest BCUT2D eigenvalue weighted by molar-refractivity contribution is 6.32. The van der Waals surface area contributed by atoms with E-state index in [1.54, 1.807) is 0 Å². The molecule has 0 aliphatic heterocycles. The number of carboxylic acid groups (broad SMARTS) is 1. The number of hydrogen-bond acceptors (Lipinski definition) is 1. The van der Waals surface area contributed by atoms with E-state index in [-0.39, 0.29) is 23.4 Å². The van der Waals surface area contributed by atoms with Crippen molar-refractivity contribution in [3.05, 3.63) is 34.3 Å². The van der Waals surface area contributed by atoms with E-state index in [4.69, 9.17) is 16.7 Å². The van der Waals surface area contributed by atoms with Crippen LogP contribution in [0.25, 0.3) is 0 Å². The third kappa shape index (κ3) is 1.88. The Morgan fingerprint density at radius 3 is 2.35 bits per heavy atom. The minimum Gasteiger partial charge on any atom is -0.481 e. The Labute approximate surface area is 100 Å². The van der Waals surface area contributed by atoms with E-state index in [0.717, 1.165) is 6.07 Å². The highest BCUT2D eigenvalue weighted by atomic mass is 35.5. The van der Waals surface area contributed by atoms with Gasteiger partial charge >= 0.3 is 12.1 Å². The van der Waals surface area contributed by atoms with Crippen LogP contribution in [0.2, 0.25) is 5.02 Å². The van der Waals surface area contributed by atoms with Crippen molar-refractivity contribution < 1.29 is 23.1 Å². The maximum Gasteiger partial charge on any atom is 0.416 e. The van der Waals surface area contributed by atoms with Crippen molar-refractivity contribution >= 4 is 17.6 Å². The van der Waals surface area contributed by atoms with Gasteiger partial charge in [0.2, 0.25) is 0 Å². The molecule has 92 valence electrons. The van der Waals surface area contributed by atoms with Gasteiger partial charge in [-0.3, -0.25) is 4.79 Å². The Balaban J connectivity index is 2.65. The van der Waals surface area contributed by atoms with Gasteiger partial charge in [-0.05, 0) is 25.0 Å². The summed E-state index contributed by atoms with van der Waals surface area (Å²) in [6, 6.07) is 3.33. The number of aliphatic carboxylic acids is 1. The number of halogens is 4. The van der Waals surface area contributed by atoms with Crippen molar-refractivity contribution in [1.82, 2.24) is 0 Å². The summed E-state index contributed by atoms with van der Waals surface area (Å²) >= 11 is 5.74. The minimum atomic E-state index is -4.59. The zero-order valence-electron chi connectivity index (χ0n) is 8.51. The first-order valence-corrected chi connectivity index (χ1v) is 5.26. The lowest BCUT2D eigenvalue weighted by Crippen LogP contribution is -2.24. The van der Waals surface area contributed by atoms with Crippen molar-refractivity contribution in [2.24, 2.45) is 0 Å². The largest absolute Gasteiger partial charge is 0.481 e. The van der Waals surface area contributed by atoms with Gasteiger partial charge in [0.1, 0.15) is 0 Å². The fourth-order valence-electron chi connectivity index (χ4n) is 1.94. The molecule has 1 aromatic carbocycles. The number of hydrogen-bond donors (Lipinski definition) is 1. The molecule has 1 N–H and O–H groups in total. The Morgan fingerprint density at radius 2 is 1.94 bits per heavy atom. The Hall–Kier alpha value is -1.23. The molecule has 17 heavy (non-hydrogen) atoms. The second-order valence-electron chi connectivity index (χ2n) is 4.05. The van der Waals surface area contributed by atoms with Gasteiger partial charge in [0.05, 0.1) is 11.0 Å². The molecule has 1 fully saturated rings. The van der Waals surface area contributed by atoms with Gasteiger partial charge in [-0.25, -0.2) is 0 Å². The molecule has 0 amide bonds. The molecule has 6 heteroatoms. The zero-order chi connectivity index (χ0) is 12.8. The molecule has 0 heterocycles. The van der Waals surface area contributed by atoms with Gasteiger partial charge in [-0.1, -0.05) is 17.7 Å². The molecule has 2 rings (SSSR count). The lowest BCUT2D eigenvalue weighted by molar-refractivity contribution is -0.142. The van der Waals surface area contributed by atoms with Crippen molar-refractivity contribution in [3.63, 3.8) is 0 Å². The molecule has 0 saturated heterocycles. The van der Waals surface area contributed by atoms with Gasteiger partial charge < -0.3 is 5.11 Å². The topological polar surface area (TPSA) is 37.3 Å². The summed E-state index contributed by atoms with van der Waals surface area (Å²) in [4.78, 5) is 11.1. The van der Waals surface area contributed by atoms with Crippen LogP contribution in [0.15, 0.2) is 18.2 Å². The first-order chi connectivity index (χ1) is 7.79. The van der Waals surface area contributed by atoms with Crippen LogP contribution in [0, 0.1) is 0 Å². The SMILES string of the molecule is O=C(O)C1(c2c(Cl)cccc2C(F)(F)F)CC1. The normalized spacial score (nSPS) is 17.9. The average molecular weight is 265 g/mol. The van der Waals surface area contributed by atoms with Crippen LogP contribution >= 0.6 is 11.6 Å². The minimum absolute atomic E-state index is 0.139. The highest BCUT2D eigenvalue weighted by Gasteiger charge is 2.56. The summed E-state index contributed by atoms with van der Waals surface area (Å²) < 4.78 is 38.4. The van der Waals surface area contributed by atoms with Crippen molar-refractivity contribution in [3.8, 4) is 0 Å². The molecular formula is C11H8ClF3O2. The lowest BCUT2D eigenvalue weighted by Gasteiger charge is -2.19. The van der Waals surface area contributed by atoms with E-state index in [1.165, 1.54) is 12.1 Å². The fourth-order valence-corrected chi connectivity index (χ4v) is 2.30. The monoisotopic (exact) mass is 264 g/mol. The van der Waals surface area contributed by atoms with Gasteiger partial charge in [-0.15, -0.1) is 0 Å². The molecule has 1 saturated carbocycles. The van der Waals surface area contributed by atoms with Crippen LogP contribution in [0.4, 0.5) is 13.2 Å².